The van der Waals surface area contributed by atoms with Gasteiger partial charge in [0.25, 0.3) is 5.91 Å². The SMILES string of the molecule is O=C(CSc1ccccc1C(=O)Nc1cccc(N2CCCC2=O)c1)Nc1ccc(F)cc1. The van der Waals surface area contributed by atoms with E-state index in [1.165, 1.54) is 36.0 Å². The highest BCUT2D eigenvalue weighted by atomic mass is 32.2. The summed E-state index contributed by atoms with van der Waals surface area (Å²) < 4.78 is 13.0. The molecule has 3 aromatic rings. The van der Waals surface area contributed by atoms with Crippen LogP contribution in [0.4, 0.5) is 21.5 Å². The Hall–Kier alpha value is -3.65. The number of carbonyl (C=O) groups excluding carboxylic acids is 3. The van der Waals surface area contributed by atoms with Gasteiger partial charge in [0, 0.05) is 34.9 Å². The molecular weight excluding hydrogens is 441 g/mol. The molecule has 3 aromatic carbocycles. The van der Waals surface area contributed by atoms with Crippen LogP contribution in [0.25, 0.3) is 0 Å². The van der Waals surface area contributed by atoms with E-state index in [0.29, 0.717) is 34.8 Å². The molecule has 1 aliphatic rings. The van der Waals surface area contributed by atoms with Crippen LogP contribution < -0.4 is 15.5 Å². The van der Waals surface area contributed by atoms with Gasteiger partial charge in [0.1, 0.15) is 5.82 Å². The molecule has 0 bridgehead atoms. The lowest BCUT2D eigenvalue weighted by atomic mass is 10.2. The molecule has 33 heavy (non-hydrogen) atoms. The van der Waals surface area contributed by atoms with Crippen molar-refractivity contribution in [3.63, 3.8) is 0 Å². The summed E-state index contributed by atoms with van der Waals surface area (Å²) in [6.45, 7) is 0.676. The van der Waals surface area contributed by atoms with Gasteiger partial charge in [0.2, 0.25) is 11.8 Å². The highest BCUT2D eigenvalue weighted by Crippen LogP contribution is 2.27. The molecule has 1 heterocycles. The molecule has 168 valence electrons. The third kappa shape index (κ3) is 5.78. The number of amides is 3. The van der Waals surface area contributed by atoms with E-state index < -0.39 is 0 Å². The molecule has 0 aromatic heterocycles. The number of nitrogens with zero attached hydrogens (tertiary/aromatic N) is 1. The van der Waals surface area contributed by atoms with Crippen LogP contribution in [0.5, 0.6) is 0 Å². The number of nitrogens with one attached hydrogen (secondary N) is 2. The third-order valence-corrected chi connectivity index (χ3v) is 6.18. The number of benzene rings is 3. The fraction of sp³-hybridized carbons (Fsp3) is 0.160. The first kappa shape index (κ1) is 22.5. The van der Waals surface area contributed by atoms with Gasteiger partial charge in [-0.2, -0.15) is 0 Å². The Morgan fingerprint density at radius 1 is 0.939 bits per heavy atom. The van der Waals surface area contributed by atoms with E-state index in [1.54, 1.807) is 47.4 Å². The van der Waals surface area contributed by atoms with Gasteiger partial charge in [0.05, 0.1) is 11.3 Å². The number of rotatable bonds is 7. The standard InChI is InChI=1S/C25H22FN3O3S/c26-17-10-12-18(13-11-17)27-23(30)16-33-22-8-2-1-7-21(22)25(32)28-19-5-3-6-20(15-19)29-14-4-9-24(29)31/h1-3,5-8,10-13,15H,4,9,14,16H2,(H,27,30)(H,28,32). The van der Waals surface area contributed by atoms with Crippen molar-refractivity contribution in [2.45, 2.75) is 17.7 Å². The van der Waals surface area contributed by atoms with Crippen LogP contribution in [-0.2, 0) is 9.59 Å². The lowest BCUT2D eigenvalue weighted by molar-refractivity contribution is -0.117. The van der Waals surface area contributed by atoms with Gasteiger partial charge in [-0.3, -0.25) is 14.4 Å². The van der Waals surface area contributed by atoms with E-state index in [1.807, 2.05) is 6.07 Å². The fourth-order valence-corrected chi connectivity index (χ4v) is 4.37. The van der Waals surface area contributed by atoms with E-state index in [0.717, 1.165) is 12.1 Å². The zero-order chi connectivity index (χ0) is 23.2. The minimum Gasteiger partial charge on any atom is -0.325 e. The van der Waals surface area contributed by atoms with Gasteiger partial charge in [-0.15, -0.1) is 11.8 Å². The molecule has 0 spiro atoms. The molecule has 0 atom stereocenters. The van der Waals surface area contributed by atoms with E-state index in [2.05, 4.69) is 10.6 Å². The molecule has 1 saturated heterocycles. The minimum absolute atomic E-state index is 0.0825. The predicted octanol–water partition coefficient (Wildman–Crippen LogP) is 4.94. The number of halogens is 1. The summed E-state index contributed by atoms with van der Waals surface area (Å²) in [7, 11) is 0. The Morgan fingerprint density at radius 3 is 2.48 bits per heavy atom. The first-order valence-electron chi connectivity index (χ1n) is 10.5. The van der Waals surface area contributed by atoms with Crippen molar-refractivity contribution < 1.29 is 18.8 Å². The second-order valence-corrected chi connectivity index (χ2v) is 8.51. The predicted molar refractivity (Wildman–Crippen MR) is 128 cm³/mol. The second-order valence-electron chi connectivity index (χ2n) is 7.49. The summed E-state index contributed by atoms with van der Waals surface area (Å²) in [5, 5.41) is 5.59. The maximum atomic E-state index is 13.0. The van der Waals surface area contributed by atoms with Gasteiger partial charge in [-0.05, 0) is 61.0 Å². The number of thioether (sulfide) groups is 1. The van der Waals surface area contributed by atoms with Crippen LogP contribution >= 0.6 is 11.8 Å². The first-order valence-corrected chi connectivity index (χ1v) is 11.5. The molecule has 8 heteroatoms. The van der Waals surface area contributed by atoms with Crippen molar-refractivity contribution in [3.05, 3.63) is 84.2 Å². The summed E-state index contributed by atoms with van der Waals surface area (Å²) in [6, 6.07) is 19.8. The van der Waals surface area contributed by atoms with Crippen molar-refractivity contribution in [1.82, 2.24) is 0 Å². The lowest BCUT2D eigenvalue weighted by Gasteiger charge is -2.17. The molecule has 0 saturated carbocycles. The Morgan fingerprint density at radius 2 is 1.73 bits per heavy atom. The zero-order valence-electron chi connectivity index (χ0n) is 17.7. The van der Waals surface area contributed by atoms with Crippen LogP contribution in [0.3, 0.4) is 0 Å². The van der Waals surface area contributed by atoms with Gasteiger partial charge in [0.15, 0.2) is 0 Å². The Labute approximate surface area is 195 Å². The van der Waals surface area contributed by atoms with Crippen LogP contribution in [0.15, 0.2) is 77.7 Å². The van der Waals surface area contributed by atoms with Crippen molar-refractivity contribution >= 4 is 46.5 Å². The van der Waals surface area contributed by atoms with Crippen LogP contribution in [0.2, 0.25) is 0 Å². The van der Waals surface area contributed by atoms with Crippen LogP contribution in [-0.4, -0.2) is 30.0 Å². The number of anilines is 3. The van der Waals surface area contributed by atoms with Crippen LogP contribution in [0.1, 0.15) is 23.2 Å². The van der Waals surface area contributed by atoms with E-state index >= 15 is 0 Å². The minimum atomic E-state index is -0.375. The smallest absolute Gasteiger partial charge is 0.256 e. The summed E-state index contributed by atoms with van der Waals surface area (Å²) in [5.74, 6) is -0.764. The van der Waals surface area contributed by atoms with Gasteiger partial charge >= 0.3 is 0 Å². The van der Waals surface area contributed by atoms with E-state index in [-0.39, 0.29) is 29.3 Å². The Kier molecular flexibility index (Phi) is 7.04. The number of hydrogen-bond donors (Lipinski definition) is 2. The molecule has 2 N–H and O–H groups in total. The quantitative estimate of drug-likeness (QED) is 0.487. The molecule has 0 aliphatic carbocycles. The Bertz CT molecular complexity index is 1180. The summed E-state index contributed by atoms with van der Waals surface area (Å²) >= 11 is 1.24. The number of carbonyl (C=O) groups is 3. The van der Waals surface area contributed by atoms with Crippen molar-refractivity contribution in [2.75, 3.05) is 27.8 Å². The summed E-state index contributed by atoms with van der Waals surface area (Å²) in [4.78, 5) is 39.6. The monoisotopic (exact) mass is 463 g/mol. The van der Waals surface area contributed by atoms with Gasteiger partial charge in [-0.25, -0.2) is 4.39 Å². The maximum Gasteiger partial charge on any atom is 0.256 e. The second kappa shape index (κ2) is 10.3. The fourth-order valence-electron chi connectivity index (χ4n) is 3.52. The van der Waals surface area contributed by atoms with Gasteiger partial charge < -0.3 is 15.5 Å². The first-order chi connectivity index (χ1) is 16.0. The molecule has 0 radical (unpaired) electrons. The molecule has 4 rings (SSSR count). The molecule has 6 nitrogen and oxygen atoms in total. The molecule has 1 fully saturated rings. The molecule has 3 amide bonds. The van der Waals surface area contributed by atoms with Crippen molar-refractivity contribution in [2.24, 2.45) is 0 Å². The van der Waals surface area contributed by atoms with E-state index in [4.69, 9.17) is 0 Å². The average Bonchev–Trinajstić information content (AvgIpc) is 3.25. The molecular formula is C25H22FN3O3S. The maximum absolute atomic E-state index is 13.0. The van der Waals surface area contributed by atoms with E-state index in [9.17, 15) is 18.8 Å². The normalized spacial score (nSPS) is 13.1. The summed E-state index contributed by atoms with van der Waals surface area (Å²) in [6.07, 6.45) is 1.37. The molecule has 1 aliphatic heterocycles. The largest absolute Gasteiger partial charge is 0.325 e. The average molecular weight is 464 g/mol. The zero-order valence-corrected chi connectivity index (χ0v) is 18.5. The number of hydrogen-bond acceptors (Lipinski definition) is 4. The third-order valence-electron chi connectivity index (χ3n) is 5.11. The molecule has 0 unspecified atom stereocenters. The topological polar surface area (TPSA) is 78.5 Å². The summed E-state index contributed by atoms with van der Waals surface area (Å²) in [5.41, 5.74) is 2.30. The van der Waals surface area contributed by atoms with Crippen LogP contribution in [0, 0.1) is 5.82 Å². The van der Waals surface area contributed by atoms with Crippen molar-refractivity contribution in [1.29, 1.82) is 0 Å². The highest BCUT2D eigenvalue weighted by Gasteiger charge is 2.22. The Balaban J connectivity index is 1.40. The van der Waals surface area contributed by atoms with Crippen molar-refractivity contribution in [3.8, 4) is 0 Å². The van der Waals surface area contributed by atoms with Gasteiger partial charge in [-0.1, -0.05) is 18.2 Å². The lowest BCUT2D eigenvalue weighted by Crippen LogP contribution is -2.23. The highest BCUT2D eigenvalue weighted by molar-refractivity contribution is 8.00.